The minimum atomic E-state index is -0.229. The zero-order chi connectivity index (χ0) is 17.3. The summed E-state index contributed by atoms with van der Waals surface area (Å²) in [6.07, 6.45) is 0.0187. The van der Waals surface area contributed by atoms with Gasteiger partial charge in [0.2, 0.25) is 5.91 Å². The van der Waals surface area contributed by atoms with E-state index in [1.807, 2.05) is 24.8 Å². The highest BCUT2D eigenvalue weighted by Crippen LogP contribution is 2.22. The minimum absolute atomic E-state index is 0.0187. The summed E-state index contributed by atoms with van der Waals surface area (Å²) < 4.78 is 5.56. The summed E-state index contributed by atoms with van der Waals surface area (Å²) in [5.41, 5.74) is 1.35. The van der Waals surface area contributed by atoms with Crippen LogP contribution >= 0.6 is 11.8 Å². The van der Waals surface area contributed by atoms with Gasteiger partial charge in [-0.2, -0.15) is 0 Å². The van der Waals surface area contributed by atoms with Crippen molar-refractivity contribution in [1.82, 2.24) is 9.80 Å². The molecule has 3 rings (SSSR count). The summed E-state index contributed by atoms with van der Waals surface area (Å²) in [5.74, 6) is -0.0361. The molecule has 0 aromatic heterocycles. The van der Waals surface area contributed by atoms with Crippen LogP contribution < -0.4 is 0 Å². The van der Waals surface area contributed by atoms with E-state index in [4.69, 9.17) is 4.74 Å². The lowest BCUT2D eigenvalue weighted by Gasteiger charge is -2.36. The Kier molecular flexibility index (Phi) is 4.91. The van der Waals surface area contributed by atoms with Gasteiger partial charge in [0.15, 0.2) is 0 Å². The Morgan fingerprint density at radius 1 is 1.33 bits per heavy atom. The smallest absolute Gasteiger partial charge is 0.289 e. The number of amides is 3. The Morgan fingerprint density at radius 2 is 2.12 bits per heavy atom. The van der Waals surface area contributed by atoms with Crippen LogP contribution in [0.3, 0.4) is 0 Å². The molecule has 0 bridgehead atoms. The van der Waals surface area contributed by atoms with Crippen LogP contribution in [-0.4, -0.2) is 57.9 Å². The lowest BCUT2D eigenvalue weighted by molar-refractivity contribution is -0.125. The second kappa shape index (κ2) is 6.94. The molecular formula is C17H20N2O4S. The second-order valence-corrected chi connectivity index (χ2v) is 7.11. The van der Waals surface area contributed by atoms with Crippen LogP contribution in [0.25, 0.3) is 0 Å². The Morgan fingerprint density at radius 3 is 2.83 bits per heavy atom. The average molecular weight is 348 g/mol. The van der Waals surface area contributed by atoms with Crippen molar-refractivity contribution in [2.75, 3.05) is 18.9 Å². The molecule has 1 aromatic rings. The fourth-order valence-corrected chi connectivity index (χ4v) is 3.60. The second-order valence-electron chi connectivity index (χ2n) is 6.19. The molecule has 0 saturated carbocycles. The van der Waals surface area contributed by atoms with Crippen LogP contribution in [0, 0.1) is 0 Å². The molecule has 24 heavy (non-hydrogen) atoms. The first-order valence-corrected chi connectivity index (χ1v) is 8.93. The maximum atomic E-state index is 12.8. The van der Waals surface area contributed by atoms with Crippen molar-refractivity contribution in [3.63, 3.8) is 0 Å². The number of rotatable bonds is 3. The van der Waals surface area contributed by atoms with E-state index >= 15 is 0 Å². The van der Waals surface area contributed by atoms with Crippen molar-refractivity contribution in [2.24, 2.45) is 0 Å². The predicted molar refractivity (Wildman–Crippen MR) is 90.8 cm³/mol. The number of nitrogens with zero attached hydrogens (tertiary/aromatic N) is 2. The molecule has 0 radical (unpaired) electrons. The van der Waals surface area contributed by atoms with Crippen LogP contribution in [0.4, 0.5) is 4.79 Å². The van der Waals surface area contributed by atoms with Gasteiger partial charge in [-0.3, -0.25) is 19.3 Å². The molecular weight excluding hydrogens is 328 g/mol. The SMILES string of the molecule is C[C@@H]1CN(C(=O)c2cccc(CN3C(=O)CSC3=O)c2)[C@H](C)CO1. The number of ether oxygens (including phenoxy) is 1. The van der Waals surface area contributed by atoms with Gasteiger partial charge in [-0.1, -0.05) is 23.9 Å². The standard InChI is InChI=1S/C17H20N2O4S/c1-11-9-23-12(2)7-18(11)16(21)14-5-3-4-13(6-14)8-19-15(20)10-24-17(19)22/h3-6,11-12H,7-10H2,1-2H3/t11-,12-/m1/s1. The Bertz CT molecular complexity index is 662. The van der Waals surface area contributed by atoms with Gasteiger partial charge in [0.25, 0.3) is 11.1 Å². The molecule has 2 aliphatic heterocycles. The van der Waals surface area contributed by atoms with Gasteiger partial charge in [0.1, 0.15) is 0 Å². The van der Waals surface area contributed by atoms with E-state index in [1.54, 1.807) is 18.2 Å². The zero-order valence-corrected chi connectivity index (χ0v) is 14.5. The molecule has 1 aromatic carbocycles. The number of benzene rings is 1. The molecule has 0 unspecified atom stereocenters. The Balaban J connectivity index is 1.76. The first-order valence-electron chi connectivity index (χ1n) is 7.94. The number of carbonyl (C=O) groups is 3. The number of morpholine rings is 1. The van der Waals surface area contributed by atoms with Crippen LogP contribution in [0.2, 0.25) is 0 Å². The number of imide groups is 1. The summed E-state index contributed by atoms with van der Waals surface area (Å²) in [7, 11) is 0. The summed E-state index contributed by atoms with van der Waals surface area (Å²) in [6, 6.07) is 7.16. The molecule has 7 heteroatoms. The van der Waals surface area contributed by atoms with Gasteiger partial charge in [-0.05, 0) is 31.5 Å². The Hall–Kier alpha value is -1.86. The van der Waals surface area contributed by atoms with E-state index in [1.165, 1.54) is 4.90 Å². The lowest BCUT2D eigenvalue weighted by Crippen LogP contribution is -2.50. The topological polar surface area (TPSA) is 66.9 Å². The van der Waals surface area contributed by atoms with Gasteiger partial charge in [-0.25, -0.2) is 0 Å². The maximum Gasteiger partial charge on any atom is 0.289 e. The fourth-order valence-electron chi connectivity index (χ4n) is 2.87. The van der Waals surface area contributed by atoms with E-state index in [9.17, 15) is 14.4 Å². The predicted octanol–water partition coefficient (Wildman–Crippen LogP) is 2.13. The first-order chi connectivity index (χ1) is 11.5. The number of thioether (sulfide) groups is 1. The van der Waals surface area contributed by atoms with Crippen molar-refractivity contribution >= 4 is 28.8 Å². The summed E-state index contributed by atoms with van der Waals surface area (Å²) in [4.78, 5) is 39.3. The quantitative estimate of drug-likeness (QED) is 0.837. The van der Waals surface area contributed by atoms with Crippen molar-refractivity contribution < 1.29 is 19.1 Å². The van der Waals surface area contributed by atoms with Crippen molar-refractivity contribution in [2.45, 2.75) is 32.5 Å². The molecule has 2 saturated heterocycles. The third kappa shape index (κ3) is 3.47. The first kappa shape index (κ1) is 17.0. The summed E-state index contributed by atoms with van der Waals surface area (Å²) in [5, 5.41) is -0.229. The van der Waals surface area contributed by atoms with E-state index in [0.29, 0.717) is 18.7 Å². The zero-order valence-electron chi connectivity index (χ0n) is 13.7. The van der Waals surface area contributed by atoms with Crippen molar-refractivity contribution in [3.8, 4) is 0 Å². The van der Waals surface area contributed by atoms with Crippen LogP contribution in [0.5, 0.6) is 0 Å². The molecule has 0 N–H and O–H groups in total. The highest BCUT2D eigenvalue weighted by molar-refractivity contribution is 8.14. The summed E-state index contributed by atoms with van der Waals surface area (Å²) in [6.45, 7) is 5.21. The minimum Gasteiger partial charge on any atom is -0.375 e. The van der Waals surface area contributed by atoms with E-state index < -0.39 is 0 Å². The maximum absolute atomic E-state index is 12.8. The highest BCUT2D eigenvalue weighted by atomic mass is 32.2. The average Bonchev–Trinajstić information content (AvgIpc) is 2.88. The third-order valence-corrected chi connectivity index (χ3v) is 5.08. The summed E-state index contributed by atoms with van der Waals surface area (Å²) >= 11 is 1.01. The molecule has 2 heterocycles. The van der Waals surface area contributed by atoms with Crippen molar-refractivity contribution in [1.29, 1.82) is 0 Å². The third-order valence-electron chi connectivity index (χ3n) is 4.22. The monoisotopic (exact) mass is 348 g/mol. The molecule has 0 spiro atoms. The molecule has 2 atom stereocenters. The Labute approximate surface area is 145 Å². The molecule has 3 amide bonds. The number of hydrogen-bond acceptors (Lipinski definition) is 5. The van der Waals surface area contributed by atoms with Gasteiger partial charge in [0, 0.05) is 12.1 Å². The van der Waals surface area contributed by atoms with E-state index in [0.717, 1.165) is 17.3 Å². The fraction of sp³-hybridized carbons (Fsp3) is 0.471. The molecule has 2 fully saturated rings. The van der Waals surface area contributed by atoms with E-state index in [2.05, 4.69) is 0 Å². The van der Waals surface area contributed by atoms with Gasteiger partial charge < -0.3 is 9.64 Å². The lowest BCUT2D eigenvalue weighted by atomic mass is 10.1. The van der Waals surface area contributed by atoms with Gasteiger partial charge in [-0.15, -0.1) is 0 Å². The number of carbonyl (C=O) groups excluding carboxylic acids is 3. The molecule has 6 nitrogen and oxygen atoms in total. The highest BCUT2D eigenvalue weighted by Gasteiger charge is 2.31. The molecule has 128 valence electrons. The van der Waals surface area contributed by atoms with Gasteiger partial charge in [0.05, 0.1) is 31.1 Å². The van der Waals surface area contributed by atoms with Crippen LogP contribution in [-0.2, 0) is 16.1 Å². The number of hydrogen-bond donors (Lipinski definition) is 0. The van der Waals surface area contributed by atoms with Crippen molar-refractivity contribution in [3.05, 3.63) is 35.4 Å². The molecule has 0 aliphatic carbocycles. The van der Waals surface area contributed by atoms with Gasteiger partial charge >= 0.3 is 0 Å². The largest absolute Gasteiger partial charge is 0.375 e. The molecule has 2 aliphatic rings. The van der Waals surface area contributed by atoms with Crippen LogP contribution in [0.1, 0.15) is 29.8 Å². The normalized spacial score (nSPS) is 24.6. The van der Waals surface area contributed by atoms with E-state index in [-0.39, 0.29) is 41.5 Å². The van der Waals surface area contributed by atoms with Crippen LogP contribution in [0.15, 0.2) is 24.3 Å².